The van der Waals surface area contributed by atoms with Crippen molar-refractivity contribution in [1.29, 1.82) is 0 Å². The number of carbonyl (C=O) groups is 4. The van der Waals surface area contributed by atoms with Crippen LogP contribution < -0.4 is 16.0 Å². The Morgan fingerprint density at radius 1 is 1.15 bits per heavy atom. The van der Waals surface area contributed by atoms with Gasteiger partial charge in [-0.05, 0) is 43.9 Å². The number of H-pyrrole nitrogens is 1. The molecular weight excluding hydrogens is 426 g/mol. The van der Waals surface area contributed by atoms with Gasteiger partial charge in [-0.1, -0.05) is 18.2 Å². The number of likely N-dealkylation sites (tertiary alicyclic amines) is 1. The standard InChI is InChI=1S/C23H29N5O5/c29-20(30)13-26-21(31)18(11-14-12-25-16-6-2-1-5-15(14)16)27-22(32)19-8-4-10-28(19)23(33)17-7-3-9-24-17/h1-2,5-6,12,17-19,24-25H,3-4,7-11,13H2,(H,26,31)(H,27,32)(H,29,30). The number of fused-ring (bicyclic) bond motifs is 1. The monoisotopic (exact) mass is 455 g/mol. The molecule has 3 amide bonds. The molecule has 1 aromatic heterocycles. The molecule has 0 aliphatic carbocycles. The summed E-state index contributed by atoms with van der Waals surface area (Å²) in [4.78, 5) is 54.6. The molecule has 2 aromatic rings. The van der Waals surface area contributed by atoms with Crippen molar-refractivity contribution >= 4 is 34.6 Å². The molecule has 33 heavy (non-hydrogen) atoms. The number of benzene rings is 1. The number of aromatic nitrogens is 1. The molecule has 3 heterocycles. The number of nitrogens with zero attached hydrogens (tertiary/aromatic N) is 1. The Hall–Kier alpha value is -3.40. The van der Waals surface area contributed by atoms with E-state index in [1.165, 1.54) is 0 Å². The molecule has 2 fully saturated rings. The van der Waals surface area contributed by atoms with Gasteiger partial charge in [0, 0.05) is 30.1 Å². The predicted octanol–water partition coefficient (Wildman–Crippen LogP) is 0.139. The lowest BCUT2D eigenvalue weighted by molar-refractivity contribution is -0.141. The van der Waals surface area contributed by atoms with E-state index in [1.54, 1.807) is 11.1 Å². The molecule has 2 saturated heterocycles. The Kier molecular flexibility index (Phi) is 6.93. The van der Waals surface area contributed by atoms with Crippen molar-refractivity contribution in [2.75, 3.05) is 19.6 Å². The second-order valence-electron chi connectivity index (χ2n) is 8.57. The summed E-state index contributed by atoms with van der Waals surface area (Å²) in [6.45, 7) is 0.755. The molecule has 10 nitrogen and oxygen atoms in total. The maximum Gasteiger partial charge on any atom is 0.322 e. The van der Waals surface area contributed by atoms with Gasteiger partial charge in [-0.15, -0.1) is 0 Å². The topological polar surface area (TPSA) is 144 Å². The Bertz CT molecular complexity index is 1040. The van der Waals surface area contributed by atoms with Crippen LogP contribution >= 0.6 is 0 Å². The van der Waals surface area contributed by atoms with Crippen LogP contribution in [0.3, 0.4) is 0 Å². The second-order valence-corrected chi connectivity index (χ2v) is 8.57. The fourth-order valence-corrected chi connectivity index (χ4v) is 4.68. The number of aromatic amines is 1. The number of aliphatic carboxylic acids is 1. The van der Waals surface area contributed by atoms with E-state index in [-0.39, 0.29) is 18.4 Å². The number of carboxylic acid groups (broad SMARTS) is 1. The summed E-state index contributed by atoms with van der Waals surface area (Å²) in [6, 6.07) is 5.73. The average molecular weight is 456 g/mol. The number of amides is 3. The number of nitrogens with one attached hydrogen (secondary N) is 4. The normalized spacial score (nSPS) is 21.2. The Labute approximate surface area is 191 Å². The van der Waals surface area contributed by atoms with Gasteiger partial charge in [-0.3, -0.25) is 19.2 Å². The first kappa shape index (κ1) is 22.8. The van der Waals surface area contributed by atoms with Crippen LogP contribution in [-0.2, 0) is 25.6 Å². The van der Waals surface area contributed by atoms with Gasteiger partial charge in [0.1, 0.15) is 18.6 Å². The number of hydrogen-bond acceptors (Lipinski definition) is 5. The molecular formula is C23H29N5O5. The van der Waals surface area contributed by atoms with Crippen molar-refractivity contribution in [2.45, 2.75) is 50.2 Å². The molecule has 1 aromatic carbocycles. The highest BCUT2D eigenvalue weighted by atomic mass is 16.4. The van der Waals surface area contributed by atoms with Crippen molar-refractivity contribution in [3.8, 4) is 0 Å². The van der Waals surface area contributed by atoms with Crippen molar-refractivity contribution in [1.82, 2.24) is 25.8 Å². The number of carbonyl (C=O) groups excluding carboxylic acids is 3. The number of rotatable bonds is 8. The molecule has 176 valence electrons. The fourth-order valence-electron chi connectivity index (χ4n) is 4.68. The van der Waals surface area contributed by atoms with Gasteiger partial charge >= 0.3 is 5.97 Å². The molecule has 3 unspecified atom stereocenters. The molecule has 2 aliphatic rings. The Balaban J connectivity index is 1.49. The molecule has 0 spiro atoms. The summed E-state index contributed by atoms with van der Waals surface area (Å²) in [7, 11) is 0. The lowest BCUT2D eigenvalue weighted by Crippen LogP contribution is -2.56. The summed E-state index contributed by atoms with van der Waals surface area (Å²) < 4.78 is 0. The SMILES string of the molecule is O=C(O)CNC(=O)C(Cc1c[nH]c2ccccc12)NC(=O)C1CCCN1C(=O)C1CCCN1. The minimum Gasteiger partial charge on any atom is -0.480 e. The van der Waals surface area contributed by atoms with E-state index in [0.29, 0.717) is 13.0 Å². The van der Waals surface area contributed by atoms with E-state index in [9.17, 15) is 19.2 Å². The molecule has 2 aliphatic heterocycles. The van der Waals surface area contributed by atoms with Gasteiger partial charge < -0.3 is 30.9 Å². The Morgan fingerprint density at radius 2 is 1.97 bits per heavy atom. The Morgan fingerprint density at radius 3 is 2.73 bits per heavy atom. The van der Waals surface area contributed by atoms with Crippen LogP contribution in [0.2, 0.25) is 0 Å². The van der Waals surface area contributed by atoms with Crippen LogP contribution in [0.25, 0.3) is 10.9 Å². The van der Waals surface area contributed by atoms with E-state index in [1.807, 2.05) is 24.3 Å². The third kappa shape index (κ3) is 5.16. The molecule has 0 radical (unpaired) electrons. The molecule has 0 saturated carbocycles. The van der Waals surface area contributed by atoms with E-state index in [0.717, 1.165) is 42.3 Å². The maximum absolute atomic E-state index is 13.2. The summed E-state index contributed by atoms with van der Waals surface area (Å²) in [6.07, 6.45) is 4.90. The van der Waals surface area contributed by atoms with Gasteiger partial charge in [-0.25, -0.2) is 0 Å². The highest BCUT2D eigenvalue weighted by molar-refractivity contribution is 5.94. The van der Waals surface area contributed by atoms with Crippen molar-refractivity contribution < 1.29 is 24.3 Å². The fraction of sp³-hybridized carbons (Fsp3) is 0.478. The summed E-state index contributed by atoms with van der Waals surface area (Å²) in [5.74, 6) is -2.22. The zero-order valence-corrected chi connectivity index (χ0v) is 18.3. The first-order chi connectivity index (χ1) is 15.9. The second kappa shape index (κ2) is 10.0. The lowest BCUT2D eigenvalue weighted by atomic mass is 10.0. The highest BCUT2D eigenvalue weighted by Gasteiger charge is 2.39. The number of carboxylic acids is 1. The van der Waals surface area contributed by atoms with Gasteiger partial charge in [0.05, 0.1) is 6.04 Å². The quantitative estimate of drug-likeness (QED) is 0.383. The number of para-hydroxylation sites is 1. The molecule has 10 heteroatoms. The third-order valence-corrected chi connectivity index (χ3v) is 6.34. The molecule has 5 N–H and O–H groups in total. The summed E-state index contributed by atoms with van der Waals surface area (Å²) in [5.41, 5.74) is 1.73. The summed E-state index contributed by atoms with van der Waals surface area (Å²) >= 11 is 0. The molecule has 4 rings (SSSR count). The van der Waals surface area contributed by atoms with Crippen molar-refractivity contribution in [2.24, 2.45) is 0 Å². The van der Waals surface area contributed by atoms with Crippen LogP contribution in [0.1, 0.15) is 31.2 Å². The largest absolute Gasteiger partial charge is 0.480 e. The lowest BCUT2D eigenvalue weighted by Gasteiger charge is -2.28. The minimum atomic E-state index is -1.17. The van der Waals surface area contributed by atoms with Crippen LogP contribution in [0.4, 0.5) is 0 Å². The zero-order valence-electron chi connectivity index (χ0n) is 18.3. The predicted molar refractivity (Wildman–Crippen MR) is 120 cm³/mol. The van der Waals surface area contributed by atoms with E-state index >= 15 is 0 Å². The maximum atomic E-state index is 13.2. The van der Waals surface area contributed by atoms with Crippen LogP contribution in [0, 0.1) is 0 Å². The average Bonchev–Trinajstić information content (AvgIpc) is 3.57. The van der Waals surface area contributed by atoms with E-state index in [4.69, 9.17) is 5.11 Å². The van der Waals surface area contributed by atoms with Crippen molar-refractivity contribution in [3.63, 3.8) is 0 Å². The van der Waals surface area contributed by atoms with Crippen LogP contribution in [-0.4, -0.2) is 76.4 Å². The van der Waals surface area contributed by atoms with Gasteiger partial charge in [0.2, 0.25) is 17.7 Å². The van der Waals surface area contributed by atoms with Crippen molar-refractivity contribution in [3.05, 3.63) is 36.0 Å². The van der Waals surface area contributed by atoms with Gasteiger partial charge in [0.25, 0.3) is 0 Å². The minimum absolute atomic E-state index is 0.0753. The van der Waals surface area contributed by atoms with Crippen LogP contribution in [0.5, 0.6) is 0 Å². The number of hydrogen-bond donors (Lipinski definition) is 5. The first-order valence-electron chi connectivity index (χ1n) is 11.3. The smallest absolute Gasteiger partial charge is 0.322 e. The van der Waals surface area contributed by atoms with E-state index in [2.05, 4.69) is 20.9 Å². The van der Waals surface area contributed by atoms with Gasteiger partial charge in [0.15, 0.2) is 0 Å². The van der Waals surface area contributed by atoms with Gasteiger partial charge in [-0.2, -0.15) is 0 Å². The third-order valence-electron chi connectivity index (χ3n) is 6.34. The van der Waals surface area contributed by atoms with Crippen LogP contribution in [0.15, 0.2) is 30.5 Å². The highest BCUT2D eigenvalue weighted by Crippen LogP contribution is 2.22. The summed E-state index contributed by atoms with van der Waals surface area (Å²) in [5, 5.41) is 18.2. The first-order valence-corrected chi connectivity index (χ1v) is 11.3. The molecule has 3 atom stereocenters. The van der Waals surface area contributed by atoms with E-state index < -0.39 is 36.4 Å². The zero-order chi connectivity index (χ0) is 23.4. The molecule has 0 bridgehead atoms.